The van der Waals surface area contributed by atoms with Crippen LogP contribution in [0.2, 0.25) is 0 Å². The topological polar surface area (TPSA) is 101 Å². The third-order valence-electron chi connectivity index (χ3n) is 5.16. The molecule has 8 nitrogen and oxygen atoms in total. The molecule has 0 radical (unpaired) electrons. The van der Waals surface area contributed by atoms with Crippen LogP contribution in [0.15, 0.2) is 34.5 Å². The molecule has 30 heavy (non-hydrogen) atoms. The number of rotatable bonds is 12. The first-order valence-electron chi connectivity index (χ1n) is 10.3. The lowest BCUT2D eigenvalue weighted by atomic mass is 10.0. The van der Waals surface area contributed by atoms with Gasteiger partial charge in [-0.15, -0.1) is 12.3 Å². The van der Waals surface area contributed by atoms with Gasteiger partial charge in [0, 0.05) is 50.9 Å². The summed E-state index contributed by atoms with van der Waals surface area (Å²) in [5.74, 6) is 2.87. The number of para-hydroxylation sites is 1. The SMILES string of the molecule is C#CCCC1(CCC(=O)NCc2ccccc2OCC(=O)NCC2CCCO2)N=N1. The van der Waals surface area contributed by atoms with Crippen LogP contribution in [0, 0.1) is 12.3 Å². The van der Waals surface area contributed by atoms with Crippen LogP contribution in [0.1, 0.15) is 44.1 Å². The van der Waals surface area contributed by atoms with E-state index in [9.17, 15) is 9.59 Å². The Hall–Kier alpha value is -2.92. The summed E-state index contributed by atoms with van der Waals surface area (Å²) in [7, 11) is 0. The summed E-state index contributed by atoms with van der Waals surface area (Å²) in [5.41, 5.74) is 0.349. The van der Waals surface area contributed by atoms with E-state index in [0.29, 0.717) is 44.5 Å². The molecule has 3 rings (SSSR count). The molecule has 1 saturated heterocycles. The number of carbonyl (C=O) groups is 2. The molecule has 0 spiro atoms. The number of terminal acetylenes is 1. The molecular weight excluding hydrogens is 384 g/mol. The summed E-state index contributed by atoms with van der Waals surface area (Å²) < 4.78 is 11.1. The predicted octanol–water partition coefficient (Wildman–Crippen LogP) is 2.33. The zero-order chi connectivity index (χ0) is 21.2. The molecule has 1 atom stereocenters. The van der Waals surface area contributed by atoms with Crippen LogP contribution in [-0.2, 0) is 20.9 Å². The van der Waals surface area contributed by atoms with E-state index in [2.05, 4.69) is 26.8 Å². The first-order valence-corrected chi connectivity index (χ1v) is 10.3. The van der Waals surface area contributed by atoms with E-state index >= 15 is 0 Å². The van der Waals surface area contributed by atoms with Crippen molar-refractivity contribution in [2.75, 3.05) is 19.8 Å². The lowest BCUT2D eigenvalue weighted by Crippen LogP contribution is -2.35. The van der Waals surface area contributed by atoms with Crippen LogP contribution >= 0.6 is 0 Å². The molecule has 1 unspecified atom stereocenters. The number of hydrogen-bond donors (Lipinski definition) is 2. The summed E-state index contributed by atoms with van der Waals surface area (Å²) in [6, 6.07) is 7.34. The van der Waals surface area contributed by atoms with Gasteiger partial charge in [-0.05, 0) is 18.9 Å². The summed E-state index contributed by atoms with van der Waals surface area (Å²) in [5, 5.41) is 13.8. The predicted molar refractivity (Wildman–Crippen MR) is 111 cm³/mol. The zero-order valence-electron chi connectivity index (χ0n) is 17.1. The number of carbonyl (C=O) groups excluding carboxylic acids is 2. The highest BCUT2D eigenvalue weighted by molar-refractivity contribution is 5.77. The van der Waals surface area contributed by atoms with Crippen molar-refractivity contribution in [3.63, 3.8) is 0 Å². The molecule has 0 bridgehead atoms. The van der Waals surface area contributed by atoms with E-state index in [1.807, 2.05) is 18.2 Å². The maximum absolute atomic E-state index is 12.2. The standard InChI is InChI=1S/C22H28N4O4/c1-2-3-11-22(25-26-22)12-10-20(27)23-14-17-7-4-5-9-19(17)30-16-21(28)24-15-18-8-6-13-29-18/h1,4-5,7,9,18H,3,6,8,10-16H2,(H,23,27)(H,24,28). The Morgan fingerprint density at radius 1 is 1.23 bits per heavy atom. The van der Waals surface area contributed by atoms with Crippen LogP contribution in [-0.4, -0.2) is 43.3 Å². The molecule has 2 amide bonds. The summed E-state index contributed by atoms with van der Waals surface area (Å²) in [4.78, 5) is 24.2. The molecule has 2 aliphatic rings. The quantitative estimate of drug-likeness (QED) is 0.515. The molecule has 0 aromatic heterocycles. The van der Waals surface area contributed by atoms with Crippen molar-refractivity contribution >= 4 is 11.8 Å². The van der Waals surface area contributed by atoms with Crippen LogP contribution in [0.5, 0.6) is 5.75 Å². The third kappa shape index (κ3) is 6.85. The van der Waals surface area contributed by atoms with E-state index in [4.69, 9.17) is 15.9 Å². The first kappa shape index (κ1) is 21.8. The van der Waals surface area contributed by atoms with E-state index in [0.717, 1.165) is 25.0 Å². The van der Waals surface area contributed by atoms with Gasteiger partial charge in [-0.25, -0.2) is 0 Å². The van der Waals surface area contributed by atoms with E-state index in [-0.39, 0.29) is 24.5 Å². The second-order valence-electron chi connectivity index (χ2n) is 7.50. The molecule has 1 aromatic rings. The first-order chi connectivity index (χ1) is 14.6. The summed E-state index contributed by atoms with van der Waals surface area (Å²) >= 11 is 0. The number of benzene rings is 1. The van der Waals surface area contributed by atoms with Crippen LogP contribution in [0.3, 0.4) is 0 Å². The lowest BCUT2D eigenvalue weighted by molar-refractivity contribution is -0.124. The van der Waals surface area contributed by atoms with Crippen molar-refractivity contribution in [2.45, 2.75) is 56.8 Å². The summed E-state index contributed by atoms with van der Waals surface area (Å²) in [6.07, 6.45) is 9.54. The van der Waals surface area contributed by atoms with E-state index in [1.165, 1.54) is 0 Å². The number of amides is 2. The Bertz CT molecular complexity index is 806. The molecular formula is C22H28N4O4. The van der Waals surface area contributed by atoms with Gasteiger partial charge in [0.1, 0.15) is 5.75 Å². The van der Waals surface area contributed by atoms with Gasteiger partial charge in [-0.2, -0.15) is 10.2 Å². The van der Waals surface area contributed by atoms with Gasteiger partial charge in [0.05, 0.1) is 6.10 Å². The second-order valence-corrected chi connectivity index (χ2v) is 7.50. The van der Waals surface area contributed by atoms with Crippen LogP contribution < -0.4 is 15.4 Å². The zero-order valence-corrected chi connectivity index (χ0v) is 17.1. The molecule has 8 heteroatoms. The highest BCUT2D eigenvalue weighted by atomic mass is 16.5. The second kappa shape index (κ2) is 10.7. The Morgan fingerprint density at radius 2 is 2.07 bits per heavy atom. The minimum absolute atomic E-state index is 0.0849. The van der Waals surface area contributed by atoms with Crippen molar-refractivity contribution in [1.29, 1.82) is 0 Å². The van der Waals surface area contributed by atoms with Crippen molar-refractivity contribution < 1.29 is 19.1 Å². The van der Waals surface area contributed by atoms with Gasteiger partial charge in [0.2, 0.25) is 5.91 Å². The molecule has 2 aliphatic heterocycles. The van der Waals surface area contributed by atoms with Gasteiger partial charge >= 0.3 is 0 Å². The summed E-state index contributed by atoms with van der Waals surface area (Å²) in [6.45, 7) is 1.49. The van der Waals surface area contributed by atoms with Gasteiger partial charge in [0.25, 0.3) is 5.91 Å². The van der Waals surface area contributed by atoms with Crippen molar-refractivity contribution in [1.82, 2.24) is 10.6 Å². The average Bonchev–Trinajstić information content (AvgIpc) is 3.34. The van der Waals surface area contributed by atoms with Gasteiger partial charge < -0.3 is 20.1 Å². The fourth-order valence-electron chi connectivity index (χ4n) is 3.28. The number of hydrogen-bond acceptors (Lipinski definition) is 6. The Kier molecular flexibility index (Phi) is 7.80. The highest BCUT2D eigenvalue weighted by Gasteiger charge is 2.39. The van der Waals surface area contributed by atoms with E-state index < -0.39 is 5.66 Å². The van der Waals surface area contributed by atoms with Crippen molar-refractivity contribution in [3.8, 4) is 18.1 Å². The van der Waals surface area contributed by atoms with Crippen molar-refractivity contribution in [2.24, 2.45) is 10.2 Å². The monoisotopic (exact) mass is 412 g/mol. The average molecular weight is 412 g/mol. The number of ether oxygens (including phenoxy) is 2. The van der Waals surface area contributed by atoms with Crippen LogP contribution in [0.25, 0.3) is 0 Å². The maximum atomic E-state index is 12.2. The van der Waals surface area contributed by atoms with Crippen molar-refractivity contribution in [3.05, 3.63) is 29.8 Å². The molecule has 0 saturated carbocycles. The highest BCUT2D eigenvalue weighted by Crippen LogP contribution is 2.37. The lowest BCUT2D eigenvalue weighted by Gasteiger charge is -2.14. The van der Waals surface area contributed by atoms with Crippen LogP contribution in [0.4, 0.5) is 0 Å². The smallest absolute Gasteiger partial charge is 0.258 e. The van der Waals surface area contributed by atoms with Gasteiger partial charge in [0.15, 0.2) is 12.3 Å². The molecule has 2 heterocycles. The number of nitrogens with zero attached hydrogens (tertiary/aromatic N) is 2. The molecule has 1 fully saturated rings. The molecule has 2 N–H and O–H groups in total. The Labute approximate surface area is 176 Å². The largest absolute Gasteiger partial charge is 0.483 e. The maximum Gasteiger partial charge on any atom is 0.258 e. The van der Waals surface area contributed by atoms with Gasteiger partial charge in [-0.1, -0.05) is 18.2 Å². The Morgan fingerprint density at radius 3 is 2.80 bits per heavy atom. The molecule has 1 aromatic carbocycles. The fourth-order valence-corrected chi connectivity index (χ4v) is 3.28. The third-order valence-corrected chi connectivity index (χ3v) is 5.16. The number of nitrogens with one attached hydrogen (secondary N) is 2. The molecule has 0 aliphatic carbocycles. The van der Waals surface area contributed by atoms with E-state index in [1.54, 1.807) is 6.07 Å². The fraction of sp³-hybridized carbons (Fsp3) is 0.545. The minimum Gasteiger partial charge on any atom is -0.483 e. The van der Waals surface area contributed by atoms with Gasteiger partial charge in [-0.3, -0.25) is 9.59 Å². The Balaban J connectivity index is 1.38. The minimum atomic E-state index is -0.457. The normalized spacial score (nSPS) is 18.4. The molecule has 160 valence electrons.